The molecule has 0 spiro atoms. The fourth-order valence-corrected chi connectivity index (χ4v) is 3.84. The number of rotatable bonds is 4. The van der Waals surface area contributed by atoms with Crippen molar-refractivity contribution >= 4 is 10.9 Å². The lowest BCUT2D eigenvalue weighted by molar-refractivity contribution is 0.376. The minimum absolute atomic E-state index is 0.172. The summed E-state index contributed by atoms with van der Waals surface area (Å²) in [6, 6.07) is 9.24. The van der Waals surface area contributed by atoms with Crippen LogP contribution in [0.25, 0.3) is 10.9 Å². The van der Waals surface area contributed by atoms with E-state index in [0.29, 0.717) is 0 Å². The number of halogens is 1. The molecule has 3 aromatic rings. The summed E-state index contributed by atoms with van der Waals surface area (Å²) in [4.78, 5) is 6.43. The fraction of sp³-hybridized carbons (Fsp3) is 0.286. The Morgan fingerprint density at radius 1 is 1.28 bits per heavy atom. The number of hydrogen-bond donors (Lipinski definition) is 0. The molecule has 1 aliphatic heterocycles. The molecule has 0 bridgehead atoms. The van der Waals surface area contributed by atoms with Gasteiger partial charge in [-0.05, 0) is 55.3 Å². The first kappa shape index (κ1) is 15.9. The Labute approximate surface area is 147 Å². The third-order valence-electron chi connectivity index (χ3n) is 5.07. The summed E-state index contributed by atoms with van der Waals surface area (Å²) < 4.78 is 16.3. The summed E-state index contributed by atoms with van der Waals surface area (Å²) in [5.41, 5.74) is 4.94. The molecule has 0 N–H and O–H groups in total. The van der Waals surface area contributed by atoms with Crippen LogP contribution in [0.3, 0.4) is 0 Å². The second kappa shape index (κ2) is 6.71. The van der Waals surface area contributed by atoms with Crippen molar-refractivity contribution < 1.29 is 4.39 Å². The van der Waals surface area contributed by atoms with E-state index in [2.05, 4.69) is 27.1 Å². The average molecular weight is 335 g/mol. The minimum Gasteiger partial charge on any atom is -0.374 e. The minimum atomic E-state index is -0.172. The van der Waals surface area contributed by atoms with Gasteiger partial charge in [0.25, 0.3) is 0 Å². The van der Waals surface area contributed by atoms with E-state index in [0.717, 1.165) is 49.8 Å². The van der Waals surface area contributed by atoms with E-state index in [1.807, 2.05) is 24.5 Å². The van der Waals surface area contributed by atoms with Gasteiger partial charge in [0.2, 0.25) is 0 Å². The zero-order valence-corrected chi connectivity index (χ0v) is 14.3. The van der Waals surface area contributed by atoms with Gasteiger partial charge in [0.05, 0.1) is 0 Å². The molecule has 0 aliphatic carbocycles. The van der Waals surface area contributed by atoms with Gasteiger partial charge >= 0.3 is 0 Å². The molecule has 4 heteroatoms. The van der Waals surface area contributed by atoms with Crippen LogP contribution in [0.2, 0.25) is 0 Å². The Bertz CT molecular complexity index is 898. The fourth-order valence-electron chi connectivity index (χ4n) is 3.84. The van der Waals surface area contributed by atoms with Crippen molar-refractivity contribution in [1.29, 1.82) is 0 Å². The Morgan fingerprint density at radius 2 is 2.20 bits per heavy atom. The van der Waals surface area contributed by atoms with Crippen LogP contribution in [0.1, 0.15) is 23.2 Å². The van der Waals surface area contributed by atoms with Crippen molar-refractivity contribution in [2.75, 3.05) is 6.54 Å². The van der Waals surface area contributed by atoms with Gasteiger partial charge in [-0.1, -0.05) is 12.6 Å². The van der Waals surface area contributed by atoms with E-state index in [4.69, 9.17) is 0 Å². The van der Waals surface area contributed by atoms with Crippen LogP contribution in [0.15, 0.2) is 55.5 Å². The first-order valence-electron chi connectivity index (χ1n) is 8.81. The van der Waals surface area contributed by atoms with Gasteiger partial charge in [-0.3, -0.25) is 4.98 Å². The number of fused-ring (bicyclic) bond motifs is 3. The van der Waals surface area contributed by atoms with E-state index in [1.54, 1.807) is 18.3 Å². The predicted molar refractivity (Wildman–Crippen MR) is 98.8 cm³/mol. The molecule has 1 aliphatic rings. The van der Waals surface area contributed by atoms with Crippen molar-refractivity contribution in [3.05, 3.63) is 78.1 Å². The molecule has 0 atom stereocenters. The Kier molecular flexibility index (Phi) is 4.26. The quantitative estimate of drug-likeness (QED) is 0.708. The van der Waals surface area contributed by atoms with Crippen molar-refractivity contribution in [3.63, 3.8) is 0 Å². The number of nitrogens with zero attached hydrogens (tertiary/aromatic N) is 3. The molecular weight excluding hydrogens is 313 g/mol. The first-order valence-corrected chi connectivity index (χ1v) is 8.81. The van der Waals surface area contributed by atoms with Crippen LogP contribution in [0, 0.1) is 5.82 Å². The molecule has 0 radical (unpaired) electrons. The molecule has 0 saturated carbocycles. The molecule has 128 valence electrons. The Morgan fingerprint density at radius 3 is 3.00 bits per heavy atom. The standard InChI is InChI=1S/C21H22FN3/c1-2-24-11-4-6-20-19(15-24)18-13-17(22)7-8-21(18)25(20)12-9-16-5-3-10-23-14-16/h2-3,5,7-8,10,13-14H,1,4,6,9,11-12,15H2. The highest BCUT2D eigenvalue weighted by molar-refractivity contribution is 5.85. The third-order valence-corrected chi connectivity index (χ3v) is 5.07. The molecule has 1 aromatic carbocycles. The van der Waals surface area contributed by atoms with Crippen LogP contribution >= 0.6 is 0 Å². The number of pyridine rings is 1. The van der Waals surface area contributed by atoms with Gasteiger partial charge in [-0.15, -0.1) is 0 Å². The normalized spacial score (nSPS) is 14.4. The number of hydrogen-bond acceptors (Lipinski definition) is 2. The lowest BCUT2D eigenvalue weighted by Gasteiger charge is -2.16. The van der Waals surface area contributed by atoms with E-state index >= 15 is 0 Å². The topological polar surface area (TPSA) is 21.1 Å². The Hall–Kier alpha value is -2.62. The largest absolute Gasteiger partial charge is 0.374 e. The van der Waals surface area contributed by atoms with Gasteiger partial charge in [0.1, 0.15) is 5.82 Å². The lowest BCUT2D eigenvalue weighted by Crippen LogP contribution is -2.15. The smallest absolute Gasteiger partial charge is 0.123 e. The average Bonchev–Trinajstić information content (AvgIpc) is 2.79. The predicted octanol–water partition coefficient (Wildman–Crippen LogP) is 4.31. The molecule has 3 nitrogen and oxygen atoms in total. The molecule has 0 fully saturated rings. The maximum atomic E-state index is 13.9. The van der Waals surface area contributed by atoms with E-state index in [-0.39, 0.29) is 5.82 Å². The van der Waals surface area contributed by atoms with Gasteiger partial charge in [0.15, 0.2) is 0 Å². The molecule has 3 heterocycles. The molecule has 4 rings (SSSR count). The highest BCUT2D eigenvalue weighted by atomic mass is 19.1. The number of aryl methyl sites for hydroxylation is 2. The summed E-state index contributed by atoms with van der Waals surface area (Å²) in [5, 5.41) is 1.04. The van der Waals surface area contributed by atoms with Crippen LogP contribution in [0.5, 0.6) is 0 Å². The Balaban J connectivity index is 1.77. The van der Waals surface area contributed by atoms with Crippen molar-refractivity contribution in [2.45, 2.75) is 32.4 Å². The number of benzene rings is 1. The van der Waals surface area contributed by atoms with Gasteiger partial charge in [-0.25, -0.2) is 4.39 Å². The van der Waals surface area contributed by atoms with Crippen LogP contribution in [0.4, 0.5) is 4.39 Å². The molecule has 0 unspecified atom stereocenters. The maximum absolute atomic E-state index is 13.9. The van der Waals surface area contributed by atoms with Gasteiger partial charge < -0.3 is 9.47 Å². The molecule has 2 aromatic heterocycles. The monoisotopic (exact) mass is 335 g/mol. The van der Waals surface area contributed by atoms with Crippen LogP contribution in [-0.2, 0) is 25.9 Å². The second-order valence-corrected chi connectivity index (χ2v) is 6.61. The second-order valence-electron chi connectivity index (χ2n) is 6.61. The highest BCUT2D eigenvalue weighted by Gasteiger charge is 2.21. The first-order chi connectivity index (χ1) is 12.3. The van der Waals surface area contributed by atoms with Gasteiger partial charge in [0, 0.05) is 54.2 Å². The maximum Gasteiger partial charge on any atom is 0.123 e. The molecule has 25 heavy (non-hydrogen) atoms. The zero-order valence-electron chi connectivity index (χ0n) is 14.3. The summed E-state index contributed by atoms with van der Waals surface area (Å²) in [5.74, 6) is -0.172. The van der Waals surface area contributed by atoms with E-state index in [9.17, 15) is 4.39 Å². The third kappa shape index (κ3) is 3.04. The van der Waals surface area contributed by atoms with Crippen molar-refractivity contribution in [1.82, 2.24) is 14.5 Å². The molecule has 0 amide bonds. The van der Waals surface area contributed by atoms with Crippen LogP contribution in [-0.4, -0.2) is 21.0 Å². The van der Waals surface area contributed by atoms with Crippen molar-refractivity contribution in [2.24, 2.45) is 0 Å². The van der Waals surface area contributed by atoms with E-state index < -0.39 is 0 Å². The van der Waals surface area contributed by atoms with Crippen molar-refractivity contribution in [3.8, 4) is 0 Å². The summed E-state index contributed by atoms with van der Waals surface area (Å²) in [6.07, 6.45) is 8.64. The highest BCUT2D eigenvalue weighted by Crippen LogP contribution is 2.31. The number of aromatic nitrogens is 2. The molecular formula is C21H22FN3. The van der Waals surface area contributed by atoms with E-state index in [1.165, 1.54) is 16.8 Å². The lowest BCUT2D eigenvalue weighted by atomic mass is 10.1. The van der Waals surface area contributed by atoms with Gasteiger partial charge in [-0.2, -0.15) is 0 Å². The summed E-state index contributed by atoms with van der Waals surface area (Å²) >= 11 is 0. The molecule has 0 saturated heterocycles. The SMILES string of the molecule is C=CN1CCCc2c(c3cc(F)ccc3n2CCc2cccnc2)C1. The summed E-state index contributed by atoms with van der Waals surface area (Å²) in [6.45, 7) is 6.61. The zero-order chi connectivity index (χ0) is 17.2. The summed E-state index contributed by atoms with van der Waals surface area (Å²) in [7, 11) is 0. The van der Waals surface area contributed by atoms with Crippen LogP contribution < -0.4 is 0 Å².